The Labute approximate surface area is 36.6 Å². The zero-order valence-corrected chi connectivity index (χ0v) is 5.50. The van der Waals surface area contributed by atoms with Crippen molar-refractivity contribution in [2.24, 2.45) is 0 Å². The Morgan fingerprint density at radius 3 is 1.60 bits per heavy atom. The summed E-state index contributed by atoms with van der Waals surface area (Å²) in [6, 6.07) is 0. The molecular weight excluding hydrogens is 100.0 g/mol. The molecule has 0 aromatic carbocycles. The second-order valence-corrected chi connectivity index (χ2v) is 2.62. The van der Waals surface area contributed by atoms with E-state index in [0.717, 1.165) is 17.5 Å². The molecule has 0 aliphatic carbocycles. The summed E-state index contributed by atoms with van der Waals surface area (Å²) in [6.45, 7) is 4.27. The highest BCUT2D eigenvalue weighted by Crippen LogP contribution is 2.04. The van der Waals surface area contributed by atoms with Crippen LogP contribution in [0.3, 0.4) is 0 Å². The smallest absolute Gasteiger partial charge is 0.0338 e. The van der Waals surface area contributed by atoms with Crippen molar-refractivity contribution in [1.29, 1.82) is 0 Å². The first-order valence-corrected chi connectivity index (χ1v) is 4.50. The molecule has 1 N–H and O–H groups in total. The normalized spacial score (nSPS) is 13.2. The van der Waals surface area contributed by atoms with Crippen molar-refractivity contribution in [2.75, 3.05) is 13.3 Å². The first-order chi connectivity index (χ1) is 2.41. The lowest BCUT2D eigenvalue weighted by Crippen LogP contribution is -1.74. The summed E-state index contributed by atoms with van der Waals surface area (Å²) in [5, 5.41) is 0. The molecule has 0 aliphatic heterocycles. The second kappa shape index (κ2) is 4.82. The highest BCUT2D eigenvalue weighted by atomic mass is 31.1. The molecule has 0 saturated carbocycles. The SMILES string of the molecule is CPNPC. The van der Waals surface area contributed by atoms with E-state index in [1.165, 1.54) is 0 Å². The first kappa shape index (κ1) is 5.82. The fourth-order valence-corrected chi connectivity index (χ4v) is 1.12. The van der Waals surface area contributed by atoms with E-state index in [9.17, 15) is 0 Å². The molecule has 0 fully saturated rings. The van der Waals surface area contributed by atoms with E-state index < -0.39 is 0 Å². The van der Waals surface area contributed by atoms with Gasteiger partial charge in [-0.2, -0.15) is 0 Å². The first-order valence-electron chi connectivity index (χ1n) is 1.50. The van der Waals surface area contributed by atoms with Crippen molar-refractivity contribution in [2.45, 2.75) is 0 Å². The summed E-state index contributed by atoms with van der Waals surface area (Å²) >= 11 is 0. The fraction of sp³-hybridized carbons (Fsp3) is 1.00. The van der Waals surface area contributed by atoms with Gasteiger partial charge >= 0.3 is 0 Å². The predicted molar refractivity (Wildman–Crippen MR) is 31.6 cm³/mol. The van der Waals surface area contributed by atoms with Crippen LogP contribution in [-0.2, 0) is 0 Å². The number of rotatable bonds is 2. The van der Waals surface area contributed by atoms with E-state index in [1.54, 1.807) is 0 Å². The molecular formula is C2H9NP2. The molecule has 0 saturated heterocycles. The third kappa shape index (κ3) is 4.82. The molecule has 32 valence electrons. The lowest BCUT2D eigenvalue weighted by molar-refractivity contribution is 1.70. The zero-order valence-electron chi connectivity index (χ0n) is 3.50. The summed E-state index contributed by atoms with van der Waals surface area (Å²) in [4.78, 5) is 3.17. The topological polar surface area (TPSA) is 12.0 Å². The van der Waals surface area contributed by atoms with Crippen LogP contribution in [0.4, 0.5) is 0 Å². The van der Waals surface area contributed by atoms with Gasteiger partial charge in [0.15, 0.2) is 0 Å². The Kier molecular flexibility index (Phi) is 5.61. The molecule has 0 radical (unpaired) electrons. The van der Waals surface area contributed by atoms with Crippen LogP contribution >= 0.6 is 17.5 Å². The lowest BCUT2D eigenvalue weighted by atomic mass is 12.0. The minimum atomic E-state index is 0.920. The minimum Gasteiger partial charge on any atom is -0.279 e. The zero-order chi connectivity index (χ0) is 4.12. The molecule has 3 heteroatoms. The van der Waals surface area contributed by atoms with Crippen molar-refractivity contribution in [3.63, 3.8) is 0 Å². The van der Waals surface area contributed by atoms with Gasteiger partial charge in [0, 0.05) is 0 Å². The number of hydrogen-bond donors (Lipinski definition) is 1. The van der Waals surface area contributed by atoms with Crippen molar-refractivity contribution in [1.82, 2.24) is 4.86 Å². The summed E-state index contributed by atoms with van der Waals surface area (Å²) in [5.74, 6) is 0. The van der Waals surface area contributed by atoms with Gasteiger partial charge < -0.3 is 0 Å². The predicted octanol–water partition coefficient (Wildman–Crippen LogP) is 1.02. The molecule has 0 bridgehead atoms. The molecule has 1 nitrogen and oxygen atoms in total. The average molecular weight is 109 g/mol. The van der Waals surface area contributed by atoms with Crippen LogP contribution in [0.5, 0.6) is 0 Å². The van der Waals surface area contributed by atoms with Crippen LogP contribution in [0.1, 0.15) is 0 Å². The summed E-state index contributed by atoms with van der Waals surface area (Å²) in [5.41, 5.74) is 0. The van der Waals surface area contributed by atoms with Gasteiger partial charge in [0.05, 0.1) is 0 Å². The van der Waals surface area contributed by atoms with Crippen LogP contribution in [0.25, 0.3) is 0 Å². The van der Waals surface area contributed by atoms with E-state index in [4.69, 9.17) is 0 Å². The highest BCUT2D eigenvalue weighted by molar-refractivity contribution is 7.51. The monoisotopic (exact) mass is 109 g/mol. The van der Waals surface area contributed by atoms with E-state index >= 15 is 0 Å². The van der Waals surface area contributed by atoms with Gasteiger partial charge in [0.1, 0.15) is 0 Å². The molecule has 2 unspecified atom stereocenters. The summed E-state index contributed by atoms with van der Waals surface area (Å²) < 4.78 is 0. The summed E-state index contributed by atoms with van der Waals surface area (Å²) in [7, 11) is 1.84. The molecule has 0 rings (SSSR count). The largest absolute Gasteiger partial charge is 0.279 e. The van der Waals surface area contributed by atoms with Crippen molar-refractivity contribution >= 4 is 17.5 Å². The summed E-state index contributed by atoms with van der Waals surface area (Å²) in [6.07, 6.45) is 0. The Hall–Kier alpha value is 0.820. The molecule has 0 aromatic rings. The van der Waals surface area contributed by atoms with Gasteiger partial charge in [-0.15, -0.1) is 0 Å². The van der Waals surface area contributed by atoms with E-state index in [2.05, 4.69) is 18.2 Å². The molecule has 0 spiro atoms. The third-order valence-corrected chi connectivity index (χ3v) is 2.25. The van der Waals surface area contributed by atoms with Gasteiger partial charge in [0.25, 0.3) is 0 Å². The van der Waals surface area contributed by atoms with Gasteiger partial charge in [-0.25, -0.2) is 0 Å². The quantitative estimate of drug-likeness (QED) is 0.522. The van der Waals surface area contributed by atoms with Crippen molar-refractivity contribution < 1.29 is 0 Å². The number of hydrogen-bond acceptors (Lipinski definition) is 1. The molecule has 0 amide bonds. The molecule has 0 aromatic heterocycles. The minimum absolute atomic E-state index is 0.920. The Morgan fingerprint density at radius 1 is 1.20 bits per heavy atom. The van der Waals surface area contributed by atoms with E-state index in [-0.39, 0.29) is 0 Å². The maximum atomic E-state index is 3.17. The fourth-order valence-electron chi connectivity index (χ4n) is 0.125. The Balaban J connectivity index is 2.19. The maximum Gasteiger partial charge on any atom is -0.0338 e. The third-order valence-electron chi connectivity index (χ3n) is 0.250. The average Bonchev–Trinajstić information content (AvgIpc) is 1.41. The maximum absolute atomic E-state index is 3.17. The van der Waals surface area contributed by atoms with Crippen LogP contribution in [0.15, 0.2) is 0 Å². The lowest BCUT2D eigenvalue weighted by Gasteiger charge is -1.86. The highest BCUT2D eigenvalue weighted by Gasteiger charge is 1.61. The molecule has 0 aliphatic rings. The molecule has 5 heavy (non-hydrogen) atoms. The van der Waals surface area contributed by atoms with Gasteiger partial charge in [-0.3, -0.25) is 4.86 Å². The molecule has 2 atom stereocenters. The van der Waals surface area contributed by atoms with Gasteiger partial charge in [0.2, 0.25) is 0 Å². The van der Waals surface area contributed by atoms with Crippen LogP contribution < -0.4 is 4.86 Å². The van der Waals surface area contributed by atoms with Gasteiger partial charge in [-0.05, 0) is 13.3 Å². The van der Waals surface area contributed by atoms with Crippen molar-refractivity contribution in [3.05, 3.63) is 0 Å². The molecule has 0 heterocycles. The van der Waals surface area contributed by atoms with Gasteiger partial charge in [-0.1, -0.05) is 17.5 Å². The van der Waals surface area contributed by atoms with E-state index in [1.807, 2.05) is 0 Å². The van der Waals surface area contributed by atoms with Crippen LogP contribution in [0, 0.1) is 0 Å². The van der Waals surface area contributed by atoms with Crippen LogP contribution in [0.2, 0.25) is 0 Å². The van der Waals surface area contributed by atoms with Crippen molar-refractivity contribution in [3.8, 4) is 0 Å². The van der Waals surface area contributed by atoms with Crippen LogP contribution in [-0.4, -0.2) is 13.3 Å². The van der Waals surface area contributed by atoms with E-state index in [0.29, 0.717) is 0 Å². The standard InChI is InChI=1S/C2H9NP2/c1-4-3-5-2/h3-5H,1-2H3. The Morgan fingerprint density at radius 2 is 1.60 bits per heavy atom. The Bertz CT molecular complexity index is 15.1. The number of nitrogens with one attached hydrogen (secondary N) is 1. The second-order valence-electron chi connectivity index (χ2n) is 0.625.